The van der Waals surface area contributed by atoms with Gasteiger partial charge in [0.15, 0.2) is 0 Å². The second kappa shape index (κ2) is 6.23. The molecule has 7 nitrogen and oxygen atoms in total. The van der Waals surface area contributed by atoms with E-state index < -0.39 is 4.92 Å². The van der Waals surface area contributed by atoms with Gasteiger partial charge in [-0.05, 0) is 26.1 Å². The molecule has 1 aromatic carbocycles. The maximum Gasteiger partial charge on any atom is 0.312 e. The Labute approximate surface area is 130 Å². The second-order valence-electron chi connectivity index (χ2n) is 4.49. The quantitative estimate of drug-likeness (QED) is 0.659. The number of aromatic nitrogens is 2. The number of halogens is 1. The number of nitro groups is 1. The van der Waals surface area contributed by atoms with E-state index >= 15 is 0 Å². The van der Waals surface area contributed by atoms with Crippen LogP contribution in [0.15, 0.2) is 22.7 Å². The molecule has 0 aliphatic heterocycles. The third-order valence-corrected chi connectivity index (χ3v) is 3.46. The van der Waals surface area contributed by atoms with Crippen LogP contribution < -0.4 is 10.1 Å². The molecule has 0 aliphatic rings. The van der Waals surface area contributed by atoms with Crippen LogP contribution in [0.3, 0.4) is 0 Å². The highest BCUT2D eigenvalue weighted by atomic mass is 79.9. The molecule has 8 heteroatoms. The van der Waals surface area contributed by atoms with Crippen LogP contribution in [-0.2, 0) is 13.6 Å². The summed E-state index contributed by atoms with van der Waals surface area (Å²) in [5.41, 5.74) is 1.59. The highest BCUT2D eigenvalue weighted by molar-refractivity contribution is 9.10. The van der Waals surface area contributed by atoms with Crippen molar-refractivity contribution in [3.8, 4) is 11.6 Å². The highest BCUT2D eigenvalue weighted by Gasteiger charge is 2.21. The Hall–Kier alpha value is -1.93. The summed E-state index contributed by atoms with van der Waals surface area (Å²) >= 11 is 3.22. The Morgan fingerprint density at radius 1 is 1.52 bits per heavy atom. The number of nitrogens with one attached hydrogen (secondary N) is 1. The number of aryl methyl sites for hydroxylation is 2. The van der Waals surface area contributed by atoms with Crippen LogP contribution in [-0.4, -0.2) is 21.8 Å². The normalized spacial score (nSPS) is 10.7. The van der Waals surface area contributed by atoms with E-state index in [4.69, 9.17) is 4.74 Å². The molecular formula is C13H15BrN4O3. The number of hydrogen-bond donors (Lipinski definition) is 1. The first-order valence-corrected chi connectivity index (χ1v) is 7.02. The van der Waals surface area contributed by atoms with Crippen LogP contribution in [0.5, 0.6) is 11.6 Å². The molecule has 1 aromatic heterocycles. The van der Waals surface area contributed by atoms with Crippen LogP contribution >= 0.6 is 15.9 Å². The number of benzene rings is 1. The smallest absolute Gasteiger partial charge is 0.312 e. The van der Waals surface area contributed by atoms with Crippen molar-refractivity contribution < 1.29 is 9.66 Å². The number of nitro benzene ring substituents is 1. The minimum Gasteiger partial charge on any atom is -0.432 e. The number of ether oxygens (including phenoxy) is 1. The molecule has 21 heavy (non-hydrogen) atoms. The van der Waals surface area contributed by atoms with E-state index in [1.807, 2.05) is 14.0 Å². The van der Waals surface area contributed by atoms with E-state index in [-0.39, 0.29) is 11.4 Å². The molecule has 0 saturated heterocycles. The molecule has 0 atom stereocenters. The Bertz CT molecular complexity index is 684. The second-order valence-corrected chi connectivity index (χ2v) is 5.41. The average molecular weight is 355 g/mol. The topological polar surface area (TPSA) is 82.2 Å². The Kier molecular flexibility index (Phi) is 4.59. The summed E-state index contributed by atoms with van der Waals surface area (Å²) in [7, 11) is 3.56. The van der Waals surface area contributed by atoms with Gasteiger partial charge >= 0.3 is 5.69 Å². The van der Waals surface area contributed by atoms with Gasteiger partial charge in [0.1, 0.15) is 0 Å². The minimum atomic E-state index is -0.471. The van der Waals surface area contributed by atoms with Crippen LogP contribution in [0.4, 0.5) is 5.69 Å². The lowest BCUT2D eigenvalue weighted by molar-refractivity contribution is -0.385. The number of nitrogens with zero attached hydrogens (tertiary/aromatic N) is 3. The van der Waals surface area contributed by atoms with Gasteiger partial charge in [0.25, 0.3) is 0 Å². The molecule has 0 amide bonds. The third kappa shape index (κ3) is 3.22. The molecule has 2 rings (SSSR count). The van der Waals surface area contributed by atoms with Gasteiger partial charge in [-0.15, -0.1) is 0 Å². The fourth-order valence-electron chi connectivity index (χ4n) is 2.01. The standard InChI is InChI=1S/C13H15BrN4O3/c1-8-10(7-15-2)13(17(3)16-8)21-12-5-4-9(14)6-11(12)18(19)20/h4-6,15H,7H2,1-3H3. The molecular weight excluding hydrogens is 340 g/mol. The largest absolute Gasteiger partial charge is 0.432 e. The van der Waals surface area contributed by atoms with E-state index in [0.29, 0.717) is 16.9 Å². The van der Waals surface area contributed by atoms with E-state index in [1.54, 1.807) is 23.9 Å². The van der Waals surface area contributed by atoms with Gasteiger partial charge in [-0.1, -0.05) is 15.9 Å². The van der Waals surface area contributed by atoms with Crippen molar-refractivity contribution >= 4 is 21.6 Å². The number of hydrogen-bond acceptors (Lipinski definition) is 5. The van der Waals surface area contributed by atoms with Crippen molar-refractivity contribution in [2.45, 2.75) is 13.5 Å². The van der Waals surface area contributed by atoms with Gasteiger partial charge in [-0.2, -0.15) is 5.10 Å². The lowest BCUT2D eigenvalue weighted by Crippen LogP contribution is -2.07. The van der Waals surface area contributed by atoms with Crippen molar-refractivity contribution in [3.05, 3.63) is 44.0 Å². The zero-order valence-electron chi connectivity index (χ0n) is 11.9. The summed E-state index contributed by atoms with van der Waals surface area (Å²) in [6.45, 7) is 2.44. The van der Waals surface area contributed by atoms with Gasteiger partial charge < -0.3 is 10.1 Å². The summed E-state index contributed by atoms with van der Waals surface area (Å²) in [5, 5.41) is 18.5. The summed E-state index contributed by atoms with van der Waals surface area (Å²) < 4.78 is 7.96. The van der Waals surface area contributed by atoms with Crippen LogP contribution in [0.25, 0.3) is 0 Å². The summed E-state index contributed by atoms with van der Waals surface area (Å²) in [5.74, 6) is 0.677. The summed E-state index contributed by atoms with van der Waals surface area (Å²) in [6.07, 6.45) is 0. The summed E-state index contributed by atoms with van der Waals surface area (Å²) in [6, 6.07) is 4.67. The highest BCUT2D eigenvalue weighted by Crippen LogP contribution is 2.35. The van der Waals surface area contributed by atoms with Gasteiger partial charge in [0, 0.05) is 24.1 Å². The number of rotatable bonds is 5. The first kappa shape index (κ1) is 15.5. The van der Waals surface area contributed by atoms with E-state index in [0.717, 1.165) is 11.3 Å². The molecule has 1 heterocycles. The monoisotopic (exact) mass is 354 g/mol. The maximum atomic E-state index is 11.1. The average Bonchev–Trinajstić information content (AvgIpc) is 2.68. The molecule has 0 saturated carbocycles. The fraction of sp³-hybridized carbons (Fsp3) is 0.308. The zero-order valence-corrected chi connectivity index (χ0v) is 13.5. The SMILES string of the molecule is CNCc1c(C)nn(C)c1Oc1ccc(Br)cc1[N+](=O)[O-]. The van der Waals surface area contributed by atoms with Crippen molar-refractivity contribution in [1.82, 2.24) is 15.1 Å². The van der Waals surface area contributed by atoms with Gasteiger partial charge in [-0.3, -0.25) is 10.1 Å². The Morgan fingerprint density at radius 3 is 2.86 bits per heavy atom. The molecule has 0 bridgehead atoms. The molecule has 112 valence electrons. The lowest BCUT2D eigenvalue weighted by atomic mass is 10.2. The fourth-order valence-corrected chi connectivity index (χ4v) is 2.36. The predicted octanol–water partition coefficient (Wildman–Crippen LogP) is 2.91. The van der Waals surface area contributed by atoms with E-state index in [9.17, 15) is 10.1 Å². The van der Waals surface area contributed by atoms with Crippen LogP contribution in [0, 0.1) is 17.0 Å². The molecule has 0 unspecified atom stereocenters. The van der Waals surface area contributed by atoms with Crippen molar-refractivity contribution in [1.29, 1.82) is 0 Å². The third-order valence-electron chi connectivity index (χ3n) is 2.97. The van der Waals surface area contributed by atoms with Gasteiger partial charge in [-0.25, -0.2) is 4.68 Å². The summed E-state index contributed by atoms with van der Waals surface area (Å²) in [4.78, 5) is 10.7. The van der Waals surface area contributed by atoms with Crippen molar-refractivity contribution in [2.75, 3.05) is 7.05 Å². The molecule has 0 radical (unpaired) electrons. The van der Waals surface area contributed by atoms with Crippen molar-refractivity contribution in [2.24, 2.45) is 7.05 Å². The van der Waals surface area contributed by atoms with Gasteiger partial charge in [0.05, 0.1) is 16.2 Å². The molecule has 2 aromatic rings. The van der Waals surface area contributed by atoms with E-state index in [1.165, 1.54) is 6.07 Å². The Balaban J connectivity index is 2.45. The first-order valence-electron chi connectivity index (χ1n) is 6.23. The van der Waals surface area contributed by atoms with Crippen molar-refractivity contribution in [3.63, 3.8) is 0 Å². The van der Waals surface area contributed by atoms with E-state index in [2.05, 4.69) is 26.3 Å². The maximum absolute atomic E-state index is 11.1. The molecule has 1 N–H and O–H groups in total. The molecule has 0 aliphatic carbocycles. The zero-order chi connectivity index (χ0) is 15.6. The predicted molar refractivity (Wildman–Crippen MR) is 81.6 cm³/mol. The Morgan fingerprint density at radius 2 is 2.24 bits per heavy atom. The minimum absolute atomic E-state index is 0.0985. The molecule has 0 spiro atoms. The first-order chi connectivity index (χ1) is 9.93. The molecule has 0 fully saturated rings. The van der Waals surface area contributed by atoms with Gasteiger partial charge in [0.2, 0.25) is 11.6 Å². The lowest BCUT2D eigenvalue weighted by Gasteiger charge is -2.09. The van der Waals surface area contributed by atoms with Crippen LogP contribution in [0.1, 0.15) is 11.3 Å². The van der Waals surface area contributed by atoms with Crippen LogP contribution in [0.2, 0.25) is 0 Å².